The monoisotopic (exact) mass is 182 g/mol. The zero-order chi connectivity index (χ0) is 10.1. The highest BCUT2D eigenvalue weighted by Crippen LogP contribution is 2.19. The van der Waals surface area contributed by atoms with Gasteiger partial charge in [-0.15, -0.1) is 0 Å². The molecule has 2 unspecified atom stereocenters. The molecule has 0 saturated heterocycles. The van der Waals surface area contributed by atoms with Crippen LogP contribution >= 0.6 is 0 Å². The summed E-state index contributed by atoms with van der Waals surface area (Å²) in [5.41, 5.74) is 0. The molecule has 13 heavy (non-hydrogen) atoms. The van der Waals surface area contributed by atoms with Crippen molar-refractivity contribution in [3.63, 3.8) is 0 Å². The first kappa shape index (κ1) is 12.7. The molecule has 78 valence electrons. The van der Waals surface area contributed by atoms with E-state index in [2.05, 4.69) is 39.8 Å². The Labute approximate surface area is 84.4 Å². The lowest BCUT2D eigenvalue weighted by Crippen LogP contribution is -2.02. The minimum atomic E-state index is 0.864. The van der Waals surface area contributed by atoms with Gasteiger partial charge >= 0.3 is 0 Å². The van der Waals surface area contributed by atoms with Crippen LogP contribution in [-0.4, -0.2) is 0 Å². The summed E-state index contributed by atoms with van der Waals surface area (Å²) in [5, 5.41) is 0. The smallest absolute Gasteiger partial charge is 0.0325 e. The SMILES string of the molecule is CC=CCC(C)CC(C)CCCC. The Kier molecular flexibility index (Phi) is 8.18. The second-order valence-electron chi connectivity index (χ2n) is 4.39. The zero-order valence-corrected chi connectivity index (χ0v) is 9.84. The van der Waals surface area contributed by atoms with E-state index in [4.69, 9.17) is 0 Å². The maximum atomic E-state index is 2.39. The largest absolute Gasteiger partial charge is 0.0917 e. The molecule has 0 N–H and O–H groups in total. The van der Waals surface area contributed by atoms with Crippen LogP contribution in [0.1, 0.15) is 59.8 Å². The number of rotatable bonds is 7. The summed E-state index contributed by atoms with van der Waals surface area (Å²) < 4.78 is 0. The van der Waals surface area contributed by atoms with E-state index in [1.54, 1.807) is 0 Å². The zero-order valence-electron chi connectivity index (χ0n) is 9.84. The van der Waals surface area contributed by atoms with E-state index < -0.39 is 0 Å². The molecule has 0 radical (unpaired) electrons. The Balaban J connectivity index is 3.46. The highest BCUT2D eigenvalue weighted by Gasteiger charge is 2.06. The van der Waals surface area contributed by atoms with Crippen LogP contribution in [0.2, 0.25) is 0 Å². The fraction of sp³-hybridized carbons (Fsp3) is 0.846. The molecule has 2 atom stereocenters. The summed E-state index contributed by atoms with van der Waals surface area (Å²) in [5.74, 6) is 1.78. The first-order valence-corrected chi connectivity index (χ1v) is 5.81. The highest BCUT2D eigenvalue weighted by atomic mass is 14.1. The van der Waals surface area contributed by atoms with Crippen LogP contribution in [0.15, 0.2) is 12.2 Å². The quantitative estimate of drug-likeness (QED) is 0.496. The summed E-state index contributed by atoms with van der Waals surface area (Å²) in [6.07, 6.45) is 11.3. The van der Waals surface area contributed by atoms with E-state index >= 15 is 0 Å². The molecule has 0 aliphatic carbocycles. The van der Waals surface area contributed by atoms with Crippen molar-refractivity contribution in [1.82, 2.24) is 0 Å². The molecule has 0 aliphatic heterocycles. The Morgan fingerprint density at radius 3 is 2.38 bits per heavy atom. The van der Waals surface area contributed by atoms with Gasteiger partial charge in [-0.05, 0) is 31.6 Å². The molecule has 0 nitrogen and oxygen atoms in total. The lowest BCUT2D eigenvalue weighted by molar-refractivity contribution is 0.387. The predicted octanol–water partition coefficient (Wildman–Crippen LogP) is 4.81. The minimum Gasteiger partial charge on any atom is -0.0917 e. The molecule has 0 heterocycles. The molecular formula is C13H26. The first-order chi connectivity index (χ1) is 6.20. The third kappa shape index (κ3) is 8.08. The molecule has 0 saturated carbocycles. The summed E-state index contributed by atoms with van der Waals surface area (Å²) in [7, 11) is 0. The number of hydrogen-bond acceptors (Lipinski definition) is 0. The van der Waals surface area contributed by atoms with Crippen molar-refractivity contribution in [3.8, 4) is 0 Å². The fourth-order valence-electron chi connectivity index (χ4n) is 1.82. The van der Waals surface area contributed by atoms with Gasteiger partial charge < -0.3 is 0 Å². The van der Waals surface area contributed by atoms with Crippen molar-refractivity contribution in [2.45, 2.75) is 59.8 Å². The Bertz CT molecular complexity index is 124. The summed E-state index contributed by atoms with van der Waals surface area (Å²) in [6, 6.07) is 0. The van der Waals surface area contributed by atoms with Crippen molar-refractivity contribution >= 4 is 0 Å². The average molecular weight is 182 g/mol. The maximum Gasteiger partial charge on any atom is -0.0325 e. The third-order valence-electron chi connectivity index (χ3n) is 2.63. The van der Waals surface area contributed by atoms with E-state index in [-0.39, 0.29) is 0 Å². The van der Waals surface area contributed by atoms with Crippen LogP contribution < -0.4 is 0 Å². The van der Waals surface area contributed by atoms with Crippen LogP contribution in [0.5, 0.6) is 0 Å². The van der Waals surface area contributed by atoms with Gasteiger partial charge in [0, 0.05) is 0 Å². The van der Waals surface area contributed by atoms with Crippen LogP contribution in [-0.2, 0) is 0 Å². The molecule has 0 heteroatoms. The molecule has 0 amide bonds. The molecule has 0 spiro atoms. The summed E-state index contributed by atoms with van der Waals surface area (Å²) >= 11 is 0. The van der Waals surface area contributed by atoms with E-state index in [1.165, 1.54) is 32.1 Å². The molecule has 0 aromatic rings. The standard InChI is InChI=1S/C13H26/c1-5-7-9-12(3)11-13(4)10-8-6-2/h5,7,12-13H,6,8-11H2,1-4H3. The summed E-state index contributed by atoms with van der Waals surface area (Å²) in [4.78, 5) is 0. The maximum absolute atomic E-state index is 2.39. The normalized spacial score (nSPS) is 16.3. The van der Waals surface area contributed by atoms with Gasteiger partial charge in [-0.25, -0.2) is 0 Å². The van der Waals surface area contributed by atoms with Gasteiger partial charge in [-0.2, -0.15) is 0 Å². The van der Waals surface area contributed by atoms with Crippen LogP contribution in [0.25, 0.3) is 0 Å². The van der Waals surface area contributed by atoms with Crippen LogP contribution in [0.4, 0.5) is 0 Å². The minimum absolute atomic E-state index is 0.864. The second kappa shape index (κ2) is 8.34. The van der Waals surface area contributed by atoms with Crippen molar-refractivity contribution in [2.24, 2.45) is 11.8 Å². The van der Waals surface area contributed by atoms with Gasteiger partial charge in [0.15, 0.2) is 0 Å². The van der Waals surface area contributed by atoms with E-state index in [0.29, 0.717) is 0 Å². The lowest BCUT2D eigenvalue weighted by atomic mass is 9.91. The Morgan fingerprint density at radius 1 is 1.15 bits per heavy atom. The molecule has 0 aromatic heterocycles. The number of allylic oxidation sites excluding steroid dienone is 2. The van der Waals surface area contributed by atoms with Gasteiger partial charge in [0.05, 0.1) is 0 Å². The predicted molar refractivity (Wildman–Crippen MR) is 61.9 cm³/mol. The second-order valence-corrected chi connectivity index (χ2v) is 4.39. The van der Waals surface area contributed by atoms with Gasteiger partial charge in [0.1, 0.15) is 0 Å². The molecule has 0 fully saturated rings. The van der Waals surface area contributed by atoms with E-state index in [1.807, 2.05) is 0 Å². The van der Waals surface area contributed by atoms with Crippen molar-refractivity contribution in [1.29, 1.82) is 0 Å². The Morgan fingerprint density at radius 2 is 1.85 bits per heavy atom. The van der Waals surface area contributed by atoms with E-state index in [9.17, 15) is 0 Å². The highest BCUT2D eigenvalue weighted by molar-refractivity contribution is 4.79. The third-order valence-corrected chi connectivity index (χ3v) is 2.63. The topological polar surface area (TPSA) is 0 Å². The fourth-order valence-corrected chi connectivity index (χ4v) is 1.82. The molecule has 0 aliphatic rings. The van der Waals surface area contributed by atoms with Gasteiger partial charge in [-0.3, -0.25) is 0 Å². The first-order valence-electron chi connectivity index (χ1n) is 5.81. The number of hydrogen-bond donors (Lipinski definition) is 0. The van der Waals surface area contributed by atoms with Crippen molar-refractivity contribution < 1.29 is 0 Å². The molecular weight excluding hydrogens is 156 g/mol. The number of unbranched alkanes of at least 4 members (excludes halogenated alkanes) is 1. The molecule has 0 rings (SSSR count). The van der Waals surface area contributed by atoms with Crippen molar-refractivity contribution in [3.05, 3.63) is 12.2 Å². The molecule has 0 aromatic carbocycles. The van der Waals surface area contributed by atoms with Crippen LogP contribution in [0, 0.1) is 11.8 Å². The van der Waals surface area contributed by atoms with Gasteiger partial charge in [-0.1, -0.05) is 52.2 Å². The average Bonchev–Trinajstić information content (AvgIpc) is 2.11. The Hall–Kier alpha value is -0.260. The van der Waals surface area contributed by atoms with E-state index in [0.717, 1.165) is 11.8 Å². The molecule has 0 bridgehead atoms. The summed E-state index contributed by atoms with van der Waals surface area (Å²) in [6.45, 7) is 9.13. The van der Waals surface area contributed by atoms with Gasteiger partial charge in [0.25, 0.3) is 0 Å². The van der Waals surface area contributed by atoms with Gasteiger partial charge in [0.2, 0.25) is 0 Å². The lowest BCUT2D eigenvalue weighted by Gasteiger charge is -2.15. The van der Waals surface area contributed by atoms with Crippen molar-refractivity contribution in [2.75, 3.05) is 0 Å². The van der Waals surface area contributed by atoms with Crippen LogP contribution in [0.3, 0.4) is 0 Å².